The predicted molar refractivity (Wildman–Crippen MR) is 352 cm³/mol. The van der Waals surface area contributed by atoms with Crippen molar-refractivity contribution in [3.63, 3.8) is 0 Å². The van der Waals surface area contributed by atoms with Crippen molar-refractivity contribution in [2.75, 3.05) is 13.2 Å². The van der Waals surface area contributed by atoms with Gasteiger partial charge in [0.05, 0.1) is 25.4 Å². The number of amides is 1. The average molecular weight is 1120 g/mol. The second-order valence-corrected chi connectivity index (χ2v) is 24.6. The van der Waals surface area contributed by atoms with Crippen LogP contribution in [0.1, 0.15) is 386 Å². The highest BCUT2D eigenvalue weighted by molar-refractivity contribution is 5.76. The number of hydrogen-bond donors (Lipinski definition) is 3. The normalized spacial score (nSPS) is 12.8. The molecule has 0 aliphatic heterocycles. The fourth-order valence-corrected chi connectivity index (χ4v) is 11.1. The zero-order valence-electron chi connectivity index (χ0n) is 53.8. The standard InChI is InChI=1S/C74H139NO5/c1-3-5-7-9-11-13-15-17-19-21-22-23-24-26-29-32-35-38-42-46-50-54-58-62-66-72(77)71(70-76)75-73(78)67-63-59-55-51-47-43-39-36-33-30-27-25-28-31-34-37-41-45-49-53-57-61-65-69-80-74(79)68-64-60-56-52-48-44-40-20-18-16-14-12-10-8-6-4-2/h14,16,20,30,33,40,62,66,71-72,76-77H,3-13,15,17-19,21-29,31-32,34-39,41-61,63-65,67-70H2,1-2H3,(H,75,78)/b16-14-,33-30-,40-20-,66-62+. The van der Waals surface area contributed by atoms with Crippen LogP contribution < -0.4 is 5.32 Å². The summed E-state index contributed by atoms with van der Waals surface area (Å²) in [5.74, 6) is -0.0732. The molecule has 1 amide bonds. The van der Waals surface area contributed by atoms with Crippen LogP contribution >= 0.6 is 0 Å². The Hall–Kier alpha value is -2.18. The van der Waals surface area contributed by atoms with E-state index in [0.717, 1.165) is 57.8 Å². The average Bonchev–Trinajstić information content (AvgIpc) is 3.46. The third-order valence-corrected chi connectivity index (χ3v) is 16.6. The van der Waals surface area contributed by atoms with Gasteiger partial charge in [0.15, 0.2) is 0 Å². The van der Waals surface area contributed by atoms with Gasteiger partial charge in [-0.15, -0.1) is 0 Å². The SMILES string of the molecule is CCCCCC/C=C\C/C=C\CCCCCCCC(=O)OCCCCCCCCCCCCCC/C=C\CCCCCCCCCC(=O)NC(CO)C(O)/C=C/CCCCCCCCCCCCCCCCCCCCCCCC. The van der Waals surface area contributed by atoms with E-state index in [2.05, 4.69) is 55.6 Å². The first kappa shape index (κ1) is 77.8. The number of nitrogens with one attached hydrogen (secondary N) is 1. The first-order chi connectivity index (χ1) is 39.5. The summed E-state index contributed by atoms with van der Waals surface area (Å²) in [6, 6.07) is -0.635. The van der Waals surface area contributed by atoms with Crippen LogP contribution in [0.4, 0.5) is 0 Å². The largest absolute Gasteiger partial charge is 0.466 e. The number of allylic oxidation sites excluding steroid dienone is 7. The van der Waals surface area contributed by atoms with Crippen molar-refractivity contribution in [1.29, 1.82) is 0 Å². The van der Waals surface area contributed by atoms with Crippen molar-refractivity contribution in [3.05, 3.63) is 48.6 Å². The topological polar surface area (TPSA) is 95.9 Å². The Morgan fingerprint density at radius 2 is 0.625 bits per heavy atom. The Balaban J connectivity index is 3.45. The Morgan fingerprint density at radius 1 is 0.350 bits per heavy atom. The zero-order chi connectivity index (χ0) is 57.8. The summed E-state index contributed by atoms with van der Waals surface area (Å²) in [5, 5.41) is 23.3. The van der Waals surface area contributed by atoms with Crippen LogP contribution in [0.15, 0.2) is 48.6 Å². The van der Waals surface area contributed by atoms with Crippen LogP contribution in [-0.2, 0) is 14.3 Å². The molecule has 6 nitrogen and oxygen atoms in total. The van der Waals surface area contributed by atoms with Crippen molar-refractivity contribution >= 4 is 11.9 Å². The van der Waals surface area contributed by atoms with Crippen LogP contribution in [0.5, 0.6) is 0 Å². The highest BCUT2D eigenvalue weighted by Gasteiger charge is 2.18. The maximum absolute atomic E-state index is 12.5. The number of carbonyl (C=O) groups is 2. The molecule has 0 fully saturated rings. The number of aliphatic hydroxyl groups is 2. The van der Waals surface area contributed by atoms with Crippen molar-refractivity contribution in [2.24, 2.45) is 0 Å². The van der Waals surface area contributed by atoms with Crippen molar-refractivity contribution in [2.45, 2.75) is 398 Å². The summed E-state index contributed by atoms with van der Waals surface area (Å²) in [6.45, 7) is 4.91. The van der Waals surface area contributed by atoms with E-state index >= 15 is 0 Å². The lowest BCUT2D eigenvalue weighted by molar-refractivity contribution is -0.143. The van der Waals surface area contributed by atoms with E-state index in [0.29, 0.717) is 19.4 Å². The third-order valence-electron chi connectivity index (χ3n) is 16.6. The van der Waals surface area contributed by atoms with Gasteiger partial charge in [-0.05, 0) is 89.9 Å². The molecule has 3 N–H and O–H groups in total. The highest BCUT2D eigenvalue weighted by Crippen LogP contribution is 2.18. The molecule has 0 spiro atoms. The third kappa shape index (κ3) is 65.0. The molecule has 0 aromatic rings. The van der Waals surface area contributed by atoms with Gasteiger partial charge in [0.1, 0.15) is 0 Å². The molecule has 0 radical (unpaired) electrons. The Morgan fingerprint density at radius 3 is 0.975 bits per heavy atom. The van der Waals surface area contributed by atoms with Gasteiger partial charge in [0, 0.05) is 12.8 Å². The number of carbonyl (C=O) groups excluding carboxylic acids is 2. The van der Waals surface area contributed by atoms with E-state index in [1.807, 2.05) is 6.08 Å². The van der Waals surface area contributed by atoms with Gasteiger partial charge in [0.2, 0.25) is 5.91 Å². The minimum Gasteiger partial charge on any atom is -0.466 e. The van der Waals surface area contributed by atoms with Crippen molar-refractivity contribution < 1.29 is 24.5 Å². The summed E-state index contributed by atoms with van der Waals surface area (Å²) < 4.78 is 5.49. The van der Waals surface area contributed by atoms with Gasteiger partial charge in [-0.1, -0.05) is 332 Å². The molecule has 6 heteroatoms. The molecule has 0 heterocycles. The van der Waals surface area contributed by atoms with Gasteiger partial charge < -0.3 is 20.3 Å². The first-order valence-corrected chi connectivity index (χ1v) is 35.9. The van der Waals surface area contributed by atoms with Crippen molar-refractivity contribution in [1.82, 2.24) is 5.32 Å². The number of unbranched alkanes of at least 4 members (excludes halogenated alkanes) is 50. The van der Waals surface area contributed by atoms with Crippen LogP contribution in [0.3, 0.4) is 0 Å². The lowest BCUT2D eigenvalue weighted by Crippen LogP contribution is -2.45. The molecule has 2 unspecified atom stereocenters. The molecule has 0 bridgehead atoms. The Labute approximate surface area is 499 Å². The minimum atomic E-state index is -0.851. The molecule has 80 heavy (non-hydrogen) atoms. The molecule has 2 atom stereocenters. The van der Waals surface area contributed by atoms with E-state index in [-0.39, 0.29) is 18.5 Å². The van der Waals surface area contributed by atoms with Crippen LogP contribution in [-0.4, -0.2) is 47.4 Å². The van der Waals surface area contributed by atoms with Gasteiger partial charge in [-0.25, -0.2) is 0 Å². The van der Waals surface area contributed by atoms with E-state index in [4.69, 9.17) is 4.74 Å². The summed E-state index contributed by atoms with van der Waals surface area (Å²) >= 11 is 0. The Bertz CT molecular complexity index is 1340. The molecule has 0 saturated carbocycles. The van der Waals surface area contributed by atoms with E-state index in [9.17, 15) is 19.8 Å². The number of ether oxygens (including phenoxy) is 1. The van der Waals surface area contributed by atoms with Gasteiger partial charge in [-0.3, -0.25) is 9.59 Å². The molecule has 0 aromatic carbocycles. The number of aliphatic hydroxyl groups excluding tert-OH is 2. The van der Waals surface area contributed by atoms with Gasteiger partial charge in [-0.2, -0.15) is 0 Å². The second-order valence-electron chi connectivity index (χ2n) is 24.6. The molecular weight excluding hydrogens is 983 g/mol. The lowest BCUT2D eigenvalue weighted by Gasteiger charge is -2.20. The Kier molecular flexibility index (Phi) is 67.4. The number of esters is 1. The van der Waals surface area contributed by atoms with Crippen molar-refractivity contribution in [3.8, 4) is 0 Å². The molecule has 0 aromatic heterocycles. The summed E-state index contributed by atoms with van der Waals surface area (Å²) in [5.41, 5.74) is 0. The summed E-state index contributed by atoms with van der Waals surface area (Å²) in [4.78, 5) is 24.6. The molecule has 470 valence electrons. The van der Waals surface area contributed by atoms with Crippen LogP contribution in [0, 0.1) is 0 Å². The van der Waals surface area contributed by atoms with Crippen LogP contribution in [0.25, 0.3) is 0 Å². The maximum Gasteiger partial charge on any atom is 0.305 e. The van der Waals surface area contributed by atoms with E-state index in [1.54, 1.807) is 6.08 Å². The van der Waals surface area contributed by atoms with Gasteiger partial charge in [0.25, 0.3) is 0 Å². The van der Waals surface area contributed by atoms with E-state index < -0.39 is 12.1 Å². The maximum atomic E-state index is 12.5. The van der Waals surface area contributed by atoms with Crippen LogP contribution in [0.2, 0.25) is 0 Å². The summed E-state index contributed by atoms with van der Waals surface area (Å²) in [7, 11) is 0. The quantitative estimate of drug-likeness (QED) is 0.0320. The smallest absolute Gasteiger partial charge is 0.305 e. The molecule has 0 aliphatic rings. The zero-order valence-corrected chi connectivity index (χ0v) is 53.8. The monoisotopic (exact) mass is 1120 g/mol. The second kappa shape index (κ2) is 69.3. The number of rotatable bonds is 67. The van der Waals surface area contributed by atoms with E-state index in [1.165, 1.54) is 302 Å². The molecular formula is C74H139NO5. The lowest BCUT2D eigenvalue weighted by atomic mass is 10.0. The minimum absolute atomic E-state index is 0.00217. The fraction of sp³-hybridized carbons (Fsp3) is 0.865. The predicted octanol–water partition coefficient (Wildman–Crippen LogP) is 23.3. The van der Waals surface area contributed by atoms with Gasteiger partial charge >= 0.3 is 5.97 Å². The molecule has 0 saturated heterocycles. The highest BCUT2D eigenvalue weighted by atomic mass is 16.5. The fourth-order valence-electron chi connectivity index (χ4n) is 11.1. The molecule has 0 rings (SSSR count). The first-order valence-electron chi connectivity index (χ1n) is 35.9. The summed E-state index contributed by atoms with van der Waals surface area (Å²) in [6.07, 6.45) is 90.4. The molecule has 0 aliphatic carbocycles. The number of hydrogen-bond acceptors (Lipinski definition) is 5.